The highest BCUT2D eigenvalue weighted by molar-refractivity contribution is 7.99. The van der Waals surface area contributed by atoms with Gasteiger partial charge in [0.25, 0.3) is 0 Å². The van der Waals surface area contributed by atoms with Gasteiger partial charge in [-0.2, -0.15) is 11.8 Å². The van der Waals surface area contributed by atoms with E-state index >= 15 is 0 Å². The monoisotopic (exact) mass is 284 g/mol. The lowest BCUT2D eigenvalue weighted by Gasteiger charge is -2.12. The molecule has 0 fully saturated rings. The van der Waals surface area contributed by atoms with Crippen molar-refractivity contribution in [3.63, 3.8) is 0 Å². The first-order valence-electron chi connectivity index (χ1n) is 6.33. The van der Waals surface area contributed by atoms with Crippen LogP contribution in [0.3, 0.4) is 0 Å². The summed E-state index contributed by atoms with van der Waals surface area (Å²) in [6.07, 6.45) is 2.71. The van der Waals surface area contributed by atoms with Gasteiger partial charge in [0.1, 0.15) is 0 Å². The fourth-order valence-electron chi connectivity index (χ4n) is 1.47. The normalized spacial score (nSPS) is 10.2. The Bertz CT molecular complexity index is 413. The first kappa shape index (κ1) is 15.7. The fraction of sp³-hybridized carbons (Fsp3) is 0.429. The Hall–Kier alpha value is -1.36. The predicted octanol–water partition coefficient (Wildman–Crippen LogP) is 3.53. The van der Waals surface area contributed by atoms with Crippen molar-refractivity contribution in [1.29, 1.82) is 0 Å². The largest absolute Gasteiger partial charge is 0.490 e. The molecule has 0 heterocycles. The highest BCUT2D eigenvalue weighted by Crippen LogP contribution is 2.28. The summed E-state index contributed by atoms with van der Waals surface area (Å²) in [6, 6.07) is 2.92. The summed E-state index contributed by atoms with van der Waals surface area (Å²) in [4.78, 5) is 0. The smallest absolute Gasteiger partial charge is 0.167 e. The maximum atomic E-state index is 13.6. The minimum atomic E-state index is -0.419. The molecule has 19 heavy (non-hydrogen) atoms. The number of nitrogens with one attached hydrogen (secondary N) is 1. The van der Waals surface area contributed by atoms with Crippen LogP contribution < -0.4 is 15.8 Å². The van der Waals surface area contributed by atoms with Gasteiger partial charge in [-0.1, -0.05) is 13.0 Å². The Morgan fingerprint density at radius 3 is 3.00 bits per heavy atom. The molecule has 1 rings (SSSR count). The molecular formula is C14H21FN2OS. The van der Waals surface area contributed by atoms with Crippen LogP contribution >= 0.6 is 11.8 Å². The van der Waals surface area contributed by atoms with Crippen molar-refractivity contribution in [2.45, 2.75) is 13.3 Å². The van der Waals surface area contributed by atoms with Crippen molar-refractivity contribution in [2.24, 2.45) is 0 Å². The number of hydrogen-bond acceptors (Lipinski definition) is 4. The van der Waals surface area contributed by atoms with Gasteiger partial charge in [-0.05, 0) is 6.42 Å². The summed E-state index contributed by atoms with van der Waals surface area (Å²) < 4.78 is 18.9. The summed E-state index contributed by atoms with van der Waals surface area (Å²) >= 11 is 1.77. The zero-order valence-corrected chi connectivity index (χ0v) is 12.1. The highest BCUT2D eigenvalue weighted by Gasteiger charge is 2.08. The summed E-state index contributed by atoms with van der Waals surface area (Å²) in [7, 11) is 0. The molecule has 0 bridgehead atoms. The molecule has 0 aromatic heterocycles. The Kier molecular flexibility index (Phi) is 7.18. The standard InChI is InChI=1S/C14H21FN2OS/c1-3-6-18-14-10-13(12(16)9-11(14)15)17-5-8-19-7-4-2/h4,9-10,17H,2-3,5-8,16H2,1H3. The molecule has 0 saturated carbocycles. The average Bonchev–Trinajstić information content (AvgIpc) is 2.39. The van der Waals surface area contributed by atoms with Crippen LogP contribution in [0.1, 0.15) is 13.3 Å². The van der Waals surface area contributed by atoms with Crippen molar-refractivity contribution in [3.05, 3.63) is 30.6 Å². The van der Waals surface area contributed by atoms with Crippen molar-refractivity contribution in [3.8, 4) is 5.75 Å². The van der Waals surface area contributed by atoms with E-state index in [4.69, 9.17) is 10.5 Å². The van der Waals surface area contributed by atoms with Crippen LogP contribution in [-0.4, -0.2) is 24.7 Å². The quantitative estimate of drug-likeness (QED) is 0.414. The van der Waals surface area contributed by atoms with Gasteiger partial charge >= 0.3 is 0 Å². The zero-order chi connectivity index (χ0) is 14.1. The van der Waals surface area contributed by atoms with E-state index in [0.29, 0.717) is 18.0 Å². The van der Waals surface area contributed by atoms with Crippen molar-refractivity contribution in [2.75, 3.05) is 35.7 Å². The van der Waals surface area contributed by atoms with E-state index in [1.807, 2.05) is 13.0 Å². The second-order valence-corrected chi connectivity index (χ2v) is 5.16. The third-order valence-corrected chi connectivity index (χ3v) is 3.33. The molecule has 0 aliphatic carbocycles. The number of hydrogen-bond donors (Lipinski definition) is 2. The Balaban J connectivity index is 2.58. The molecule has 0 amide bonds. The third kappa shape index (κ3) is 5.42. The van der Waals surface area contributed by atoms with Crippen LogP contribution in [-0.2, 0) is 0 Å². The van der Waals surface area contributed by atoms with Gasteiger partial charge in [-0.3, -0.25) is 0 Å². The molecule has 0 unspecified atom stereocenters. The van der Waals surface area contributed by atoms with E-state index in [-0.39, 0.29) is 5.75 Å². The summed E-state index contributed by atoms with van der Waals surface area (Å²) in [5, 5.41) is 3.19. The molecule has 1 aromatic rings. The number of rotatable bonds is 9. The highest BCUT2D eigenvalue weighted by atomic mass is 32.2. The van der Waals surface area contributed by atoms with Gasteiger partial charge in [-0.15, -0.1) is 6.58 Å². The van der Waals surface area contributed by atoms with Gasteiger partial charge in [-0.25, -0.2) is 4.39 Å². The molecule has 0 atom stereocenters. The third-order valence-electron chi connectivity index (χ3n) is 2.36. The lowest BCUT2D eigenvalue weighted by atomic mass is 10.2. The minimum absolute atomic E-state index is 0.247. The van der Waals surface area contributed by atoms with Crippen molar-refractivity contribution >= 4 is 23.1 Å². The molecule has 1 aromatic carbocycles. The minimum Gasteiger partial charge on any atom is -0.490 e. The Morgan fingerprint density at radius 1 is 1.53 bits per heavy atom. The second-order valence-electron chi connectivity index (χ2n) is 4.01. The fourth-order valence-corrected chi connectivity index (χ4v) is 2.05. The second kappa shape index (κ2) is 8.69. The molecule has 0 radical (unpaired) electrons. The first-order chi connectivity index (χ1) is 9.19. The molecule has 5 heteroatoms. The molecule has 3 nitrogen and oxygen atoms in total. The lowest BCUT2D eigenvalue weighted by Crippen LogP contribution is -2.08. The SMILES string of the molecule is C=CCSCCNc1cc(OCCC)c(F)cc1N. The number of ether oxygens (including phenoxy) is 1. The summed E-state index contributed by atoms with van der Waals surface area (Å²) in [5.74, 6) is 1.69. The molecule has 0 saturated heterocycles. The van der Waals surface area contributed by atoms with E-state index in [1.165, 1.54) is 6.07 Å². The first-order valence-corrected chi connectivity index (χ1v) is 7.48. The van der Waals surface area contributed by atoms with E-state index in [9.17, 15) is 4.39 Å². The maximum absolute atomic E-state index is 13.6. The zero-order valence-electron chi connectivity index (χ0n) is 11.2. The molecule has 0 spiro atoms. The number of nitrogen functional groups attached to an aromatic ring is 1. The molecule has 0 aliphatic heterocycles. The topological polar surface area (TPSA) is 47.3 Å². The Labute approximate surface area is 118 Å². The molecule has 106 valence electrons. The van der Waals surface area contributed by atoms with Gasteiger partial charge in [0.05, 0.1) is 18.0 Å². The average molecular weight is 284 g/mol. The number of anilines is 2. The van der Waals surface area contributed by atoms with Crippen LogP contribution in [0.2, 0.25) is 0 Å². The van der Waals surface area contributed by atoms with E-state index in [1.54, 1.807) is 17.8 Å². The van der Waals surface area contributed by atoms with E-state index in [2.05, 4.69) is 11.9 Å². The summed E-state index contributed by atoms with van der Waals surface area (Å²) in [5.41, 5.74) is 6.89. The van der Waals surface area contributed by atoms with Crippen LogP contribution in [0.15, 0.2) is 24.8 Å². The summed E-state index contributed by atoms with van der Waals surface area (Å²) in [6.45, 7) is 6.90. The van der Waals surface area contributed by atoms with Crippen LogP contribution in [0.25, 0.3) is 0 Å². The van der Waals surface area contributed by atoms with Crippen molar-refractivity contribution in [1.82, 2.24) is 0 Å². The van der Waals surface area contributed by atoms with Crippen LogP contribution in [0, 0.1) is 5.82 Å². The van der Waals surface area contributed by atoms with Crippen LogP contribution in [0.5, 0.6) is 5.75 Å². The van der Waals surface area contributed by atoms with E-state index < -0.39 is 5.82 Å². The number of halogens is 1. The molecule has 0 aliphatic rings. The Morgan fingerprint density at radius 2 is 2.32 bits per heavy atom. The van der Waals surface area contributed by atoms with Gasteiger partial charge in [0, 0.05) is 30.2 Å². The molecular weight excluding hydrogens is 263 g/mol. The number of benzene rings is 1. The number of thioether (sulfide) groups is 1. The lowest BCUT2D eigenvalue weighted by molar-refractivity contribution is 0.301. The number of nitrogens with two attached hydrogens (primary N) is 1. The molecule has 3 N–H and O–H groups in total. The van der Waals surface area contributed by atoms with Gasteiger partial charge in [0.2, 0.25) is 0 Å². The van der Waals surface area contributed by atoms with Gasteiger partial charge < -0.3 is 15.8 Å². The predicted molar refractivity (Wildman–Crippen MR) is 82.6 cm³/mol. The van der Waals surface area contributed by atoms with E-state index in [0.717, 1.165) is 24.5 Å². The maximum Gasteiger partial charge on any atom is 0.167 e. The van der Waals surface area contributed by atoms with Crippen LogP contribution in [0.4, 0.5) is 15.8 Å². The van der Waals surface area contributed by atoms with Crippen molar-refractivity contribution < 1.29 is 9.13 Å². The van der Waals surface area contributed by atoms with Gasteiger partial charge in [0.15, 0.2) is 11.6 Å².